The van der Waals surface area contributed by atoms with Gasteiger partial charge in [-0.15, -0.1) is 0 Å². The molecule has 1 aromatic carbocycles. The molecule has 3 heterocycles. The van der Waals surface area contributed by atoms with Crippen LogP contribution in [0.4, 0.5) is 0 Å². The average molecular weight is 412 g/mol. The predicted molar refractivity (Wildman–Crippen MR) is 111 cm³/mol. The molecule has 4 rings (SSSR count). The number of rotatable bonds is 4. The minimum absolute atomic E-state index is 0.344. The smallest absolute Gasteiger partial charge is 0.223 e. The Hall–Kier alpha value is -3.29. The molecule has 0 fully saturated rings. The summed E-state index contributed by atoms with van der Waals surface area (Å²) in [5, 5.41) is 21.3. The minimum atomic E-state index is -0.922. The zero-order chi connectivity index (χ0) is 20.7. The summed E-state index contributed by atoms with van der Waals surface area (Å²) in [6.07, 6.45) is 3.71. The standard InChI is InChI=1S/C21H18ClN3O4/c1-11(26)16-8-17(27)18(28)10-25(16)12-3-4-19(29-2)14(7-12)20-13-5-6-23-21(13)24-9-15(20)22/h3-11,26,28H,1-2H3,(H,23,24). The maximum atomic E-state index is 11.9. The molecule has 7 nitrogen and oxygen atoms in total. The molecule has 1 unspecified atom stereocenters. The van der Waals surface area contributed by atoms with E-state index in [0.717, 1.165) is 10.9 Å². The van der Waals surface area contributed by atoms with Crippen LogP contribution < -0.4 is 10.2 Å². The van der Waals surface area contributed by atoms with Crippen molar-refractivity contribution in [2.24, 2.45) is 0 Å². The van der Waals surface area contributed by atoms with Crippen LogP contribution in [0.15, 0.2) is 53.7 Å². The van der Waals surface area contributed by atoms with Crippen molar-refractivity contribution in [1.82, 2.24) is 14.5 Å². The SMILES string of the molecule is COc1ccc(-n2cc(O)c(=O)cc2C(C)O)cc1-c1c(Cl)cnc2[nH]ccc12. The van der Waals surface area contributed by atoms with Gasteiger partial charge < -0.3 is 24.5 Å². The number of ether oxygens (including phenoxy) is 1. The molecule has 3 aromatic heterocycles. The molecule has 0 spiro atoms. The zero-order valence-corrected chi connectivity index (χ0v) is 16.4. The van der Waals surface area contributed by atoms with Crippen molar-refractivity contribution in [3.63, 3.8) is 0 Å². The first-order valence-electron chi connectivity index (χ1n) is 8.84. The lowest BCUT2D eigenvalue weighted by Gasteiger charge is -2.18. The van der Waals surface area contributed by atoms with Gasteiger partial charge in [0.05, 0.1) is 30.1 Å². The van der Waals surface area contributed by atoms with Crippen LogP contribution in [0.5, 0.6) is 11.5 Å². The second-order valence-corrected chi connectivity index (χ2v) is 7.01. The number of hydrogen-bond donors (Lipinski definition) is 3. The third kappa shape index (κ3) is 3.24. The van der Waals surface area contributed by atoms with E-state index in [1.807, 2.05) is 12.1 Å². The van der Waals surface area contributed by atoms with E-state index in [4.69, 9.17) is 16.3 Å². The molecule has 8 heteroatoms. The lowest BCUT2D eigenvalue weighted by Crippen LogP contribution is -2.13. The first kappa shape index (κ1) is 19.0. The van der Waals surface area contributed by atoms with E-state index in [0.29, 0.717) is 33.4 Å². The number of H-pyrrole nitrogens is 1. The first-order valence-corrected chi connectivity index (χ1v) is 9.22. The fourth-order valence-electron chi connectivity index (χ4n) is 3.38. The summed E-state index contributed by atoms with van der Waals surface area (Å²) in [5.41, 5.74) is 2.52. The van der Waals surface area contributed by atoms with Crippen molar-refractivity contribution in [1.29, 1.82) is 0 Å². The van der Waals surface area contributed by atoms with Crippen LogP contribution in [0, 0.1) is 0 Å². The first-order chi connectivity index (χ1) is 13.9. The molecular weight excluding hydrogens is 394 g/mol. The second kappa shape index (κ2) is 7.27. The van der Waals surface area contributed by atoms with Gasteiger partial charge in [-0.3, -0.25) is 4.79 Å². The fraction of sp³-hybridized carbons (Fsp3) is 0.143. The van der Waals surface area contributed by atoms with Crippen molar-refractivity contribution < 1.29 is 14.9 Å². The molecule has 4 aromatic rings. The number of halogens is 1. The van der Waals surface area contributed by atoms with Crippen LogP contribution in [0.25, 0.3) is 27.8 Å². The number of methoxy groups -OCH3 is 1. The molecule has 0 aliphatic carbocycles. The topological polar surface area (TPSA) is 100 Å². The van der Waals surface area contributed by atoms with Crippen molar-refractivity contribution in [2.75, 3.05) is 7.11 Å². The average Bonchev–Trinajstić information content (AvgIpc) is 3.17. The number of hydrogen-bond acceptors (Lipinski definition) is 5. The van der Waals surface area contributed by atoms with Gasteiger partial charge in [-0.05, 0) is 31.2 Å². The molecule has 29 heavy (non-hydrogen) atoms. The van der Waals surface area contributed by atoms with Gasteiger partial charge in [0, 0.05) is 40.7 Å². The summed E-state index contributed by atoms with van der Waals surface area (Å²) >= 11 is 6.49. The molecule has 0 bridgehead atoms. The summed E-state index contributed by atoms with van der Waals surface area (Å²) in [7, 11) is 1.56. The third-order valence-corrected chi connectivity index (χ3v) is 5.05. The zero-order valence-electron chi connectivity index (χ0n) is 15.7. The van der Waals surface area contributed by atoms with Crippen molar-refractivity contribution in [3.05, 3.63) is 69.9 Å². The minimum Gasteiger partial charge on any atom is -0.503 e. The lowest BCUT2D eigenvalue weighted by molar-refractivity contribution is 0.191. The maximum absolute atomic E-state index is 11.9. The monoisotopic (exact) mass is 411 g/mol. The molecular formula is C21H18ClN3O4. The van der Waals surface area contributed by atoms with Crippen LogP contribution in [-0.4, -0.2) is 31.9 Å². The number of aromatic nitrogens is 3. The summed E-state index contributed by atoms with van der Waals surface area (Å²) in [6.45, 7) is 1.55. The van der Waals surface area contributed by atoms with E-state index in [1.165, 1.54) is 12.3 Å². The Labute approximate surface area is 170 Å². The van der Waals surface area contributed by atoms with E-state index < -0.39 is 17.3 Å². The van der Waals surface area contributed by atoms with Crippen LogP contribution >= 0.6 is 11.6 Å². The second-order valence-electron chi connectivity index (χ2n) is 6.60. The molecule has 1 atom stereocenters. The number of fused-ring (bicyclic) bond motifs is 1. The Kier molecular flexibility index (Phi) is 4.77. The number of aliphatic hydroxyl groups is 1. The number of aromatic hydroxyl groups is 1. The summed E-state index contributed by atoms with van der Waals surface area (Å²) < 4.78 is 7.11. The highest BCUT2D eigenvalue weighted by Crippen LogP contribution is 2.40. The number of benzene rings is 1. The summed E-state index contributed by atoms with van der Waals surface area (Å²) in [4.78, 5) is 19.2. The van der Waals surface area contributed by atoms with Gasteiger partial charge in [0.25, 0.3) is 0 Å². The lowest BCUT2D eigenvalue weighted by atomic mass is 10.0. The van der Waals surface area contributed by atoms with E-state index in [1.54, 1.807) is 43.1 Å². The third-order valence-electron chi connectivity index (χ3n) is 4.76. The predicted octanol–water partition coefficient (Wildman–Crippen LogP) is 3.80. The van der Waals surface area contributed by atoms with Crippen LogP contribution in [0.3, 0.4) is 0 Å². The molecule has 0 saturated carbocycles. The molecule has 0 radical (unpaired) electrons. The van der Waals surface area contributed by atoms with Gasteiger partial charge in [0.2, 0.25) is 5.43 Å². The molecule has 0 saturated heterocycles. The molecule has 0 amide bonds. The Bertz CT molecular complexity index is 1280. The normalized spacial score (nSPS) is 12.3. The summed E-state index contributed by atoms with van der Waals surface area (Å²) in [6, 6.07) is 8.44. The number of aromatic amines is 1. The van der Waals surface area contributed by atoms with Crippen molar-refractivity contribution in [2.45, 2.75) is 13.0 Å². The van der Waals surface area contributed by atoms with E-state index in [-0.39, 0.29) is 0 Å². The van der Waals surface area contributed by atoms with Gasteiger partial charge in [-0.25, -0.2) is 4.98 Å². The Morgan fingerprint density at radius 2 is 2.07 bits per heavy atom. The number of aliphatic hydroxyl groups excluding tert-OH is 1. The quantitative estimate of drug-likeness (QED) is 0.474. The Morgan fingerprint density at radius 3 is 2.79 bits per heavy atom. The van der Waals surface area contributed by atoms with Gasteiger partial charge >= 0.3 is 0 Å². The highest BCUT2D eigenvalue weighted by atomic mass is 35.5. The van der Waals surface area contributed by atoms with Crippen molar-refractivity contribution in [3.8, 4) is 28.3 Å². The van der Waals surface area contributed by atoms with Crippen LogP contribution in [-0.2, 0) is 0 Å². The maximum Gasteiger partial charge on any atom is 0.223 e. The highest BCUT2D eigenvalue weighted by molar-refractivity contribution is 6.34. The Balaban J connectivity index is 2.01. The van der Waals surface area contributed by atoms with Crippen LogP contribution in [0.1, 0.15) is 18.7 Å². The van der Waals surface area contributed by atoms with E-state index >= 15 is 0 Å². The number of pyridine rings is 2. The Morgan fingerprint density at radius 1 is 1.28 bits per heavy atom. The van der Waals surface area contributed by atoms with Gasteiger partial charge in [-0.2, -0.15) is 0 Å². The van der Waals surface area contributed by atoms with Crippen molar-refractivity contribution >= 4 is 22.6 Å². The van der Waals surface area contributed by atoms with E-state index in [2.05, 4.69) is 9.97 Å². The number of nitrogens with one attached hydrogen (secondary N) is 1. The number of nitrogens with zero attached hydrogens (tertiary/aromatic N) is 2. The fourth-order valence-corrected chi connectivity index (χ4v) is 3.63. The molecule has 3 N–H and O–H groups in total. The van der Waals surface area contributed by atoms with Gasteiger partial charge in [0.15, 0.2) is 5.75 Å². The summed E-state index contributed by atoms with van der Waals surface area (Å²) in [5.74, 6) is 0.176. The largest absolute Gasteiger partial charge is 0.503 e. The van der Waals surface area contributed by atoms with Gasteiger partial charge in [0.1, 0.15) is 11.4 Å². The molecule has 0 aliphatic heterocycles. The molecule has 148 valence electrons. The van der Waals surface area contributed by atoms with Crippen LogP contribution in [0.2, 0.25) is 5.02 Å². The van der Waals surface area contributed by atoms with E-state index in [9.17, 15) is 15.0 Å². The highest BCUT2D eigenvalue weighted by Gasteiger charge is 2.18. The molecule has 0 aliphatic rings. The van der Waals surface area contributed by atoms with Gasteiger partial charge in [-0.1, -0.05) is 11.6 Å².